The van der Waals surface area contributed by atoms with Crippen LogP contribution >= 0.6 is 0 Å². The highest BCUT2D eigenvalue weighted by molar-refractivity contribution is 5.95. The Kier molecular flexibility index (Phi) is 5.78. The molecule has 0 radical (unpaired) electrons. The minimum Gasteiger partial charge on any atom is -0.463 e. The number of aryl methyl sites for hydroxylation is 2. The Bertz CT molecular complexity index is 800. The summed E-state index contributed by atoms with van der Waals surface area (Å²) in [5, 5.41) is 5.15. The van der Waals surface area contributed by atoms with Crippen LogP contribution in [0.15, 0.2) is 29.5 Å². The van der Waals surface area contributed by atoms with Crippen LogP contribution in [0.2, 0.25) is 0 Å². The van der Waals surface area contributed by atoms with Crippen LogP contribution in [0.1, 0.15) is 48.2 Å². The first-order valence-electron chi connectivity index (χ1n) is 9.26. The second-order valence-electron chi connectivity index (χ2n) is 6.70. The molecule has 0 saturated carbocycles. The number of amides is 2. The van der Waals surface area contributed by atoms with Crippen molar-refractivity contribution >= 4 is 18.0 Å². The van der Waals surface area contributed by atoms with Gasteiger partial charge in [-0.1, -0.05) is 6.07 Å². The number of carbonyl (C=O) groups excluding carboxylic acids is 3. The van der Waals surface area contributed by atoms with Crippen molar-refractivity contribution in [1.29, 1.82) is 0 Å². The molecule has 3 rings (SSSR count). The van der Waals surface area contributed by atoms with Gasteiger partial charge in [-0.3, -0.25) is 0 Å². The fraction of sp³-hybridized carbons (Fsp3) is 0.450. The number of hydrogen-bond donors (Lipinski definition) is 2. The van der Waals surface area contributed by atoms with Crippen molar-refractivity contribution < 1.29 is 23.9 Å². The van der Waals surface area contributed by atoms with Gasteiger partial charge in [0, 0.05) is 0 Å². The molecule has 7 nitrogen and oxygen atoms in total. The van der Waals surface area contributed by atoms with E-state index in [1.54, 1.807) is 19.9 Å². The van der Waals surface area contributed by atoms with Crippen LogP contribution < -0.4 is 10.6 Å². The van der Waals surface area contributed by atoms with Gasteiger partial charge < -0.3 is 20.1 Å². The standard InChI is InChI=1S/C20H24N2O5/c1-3-26-19(24)17-12(2)21-20(25)22-16(17)11-27-18(23)15-9-8-13-6-4-5-7-14(13)10-15/h8-10,12H,3-7,11H2,1-2H3,(H2,21,22,25)/t12-/m1/s1. The molecule has 144 valence electrons. The maximum absolute atomic E-state index is 12.4. The Morgan fingerprint density at radius 1 is 1.11 bits per heavy atom. The van der Waals surface area contributed by atoms with Crippen molar-refractivity contribution in [2.24, 2.45) is 0 Å². The number of carbonyl (C=O) groups is 3. The van der Waals surface area contributed by atoms with E-state index in [1.165, 1.54) is 17.5 Å². The predicted octanol–water partition coefficient (Wildman–Crippen LogP) is 2.24. The topological polar surface area (TPSA) is 93.7 Å². The lowest BCUT2D eigenvalue weighted by atomic mass is 9.90. The van der Waals surface area contributed by atoms with E-state index in [0.717, 1.165) is 19.3 Å². The number of fused-ring (bicyclic) bond motifs is 1. The molecule has 1 atom stereocenters. The molecule has 1 aromatic rings. The van der Waals surface area contributed by atoms with E-state index in [-0.39, 0.29) is 24.5 Å². The summed E-state index contributed by atoms with van der Waals surface area (Å²) in [6.45, 7) is 3.39. The minimum absolute atomic E-state index is 0.207. The molecule has 0 bridgehead atoms. The van der Waals surface area contributed by atoms with Gasteiger partial charge in [0.05, 0.1) is 29.5 Å². The zero-order valence-electron chi connectivity index (χ0n) is 15.6. The van der Waals surface area contributed by atoms with Crippen LogP contribution in [0, 0.1) is 0 Å². The summed E-state index contributed by atoms with van der Waals surface area (Å²) in [7, 11) is 0. The molecule has 0 aromatic heterocycles. The molecule has 0 spiro atoms. The summed E-state index contributed by atoms with van der Waals surface area (Å²) in [4.78, 5) is 36.4. The number of esters is 2. The molecular weight excluding hydrogens is 348 g/mol. The van der Waals surface area contributed by atoms with Crippen LogP contribution in [0.25, 0.3) is 0 Å². The SMILES string of the molecule is CCOC(=O)C1=C(COC(=O)c2ccc3c(c2)CCCC3)NC(=O)N[C@@H]1C. The summed E-state index contributed by atoms with van der Waals surface area (Å²) in [5.41, 5.74) is 3.45. The summed E-state index contributed by atoms with van der Waals surface area (Å²) in [6, 6.07) is 4.63. The van der Waals surface area contributed by atoms with Gasteiger partial charge in [-0.15, -0.1) is 0 Å². The van der Waals surface area contributed by atoms with Gasteiger partial charge in [-0.25, -0.2) is 14.4 Å². The lowest BCUT2D eigenvalue weighted by Crippen LogP contribution is -2.50. The van der Waals surface area contributed by atoms with Crippen LogP contribution in [0.4, 0.5) is 4.79 Å². The van der Waals surface area contributed by atoms with E-state index >= 15 is 0 Å². The Labute approximate surface area is 158 Å². The number of nitrogens with one attached hydrogen (secondary N) is 2. The summed E-state index contributed by atoms with van der Waals surface area (Å²) >= 11 is 0. The Morgan fingerprint density at radius 2 is 1.85 bits per heavy atom. The van der Waals surface area contributed by atoms with E-state index in [2.05, 4.69) is 10.6 Å². The first kappa shape index (κ1) is 18.9. The molecule has 1 aromatic carbocycles. The molecule has 2 N–H and O–H groups in total. The molecule has 7 heteroatoms. The van der Waals surface area contributed by atoms with E-state index in [1.807, 2.05) is 12.1 Å². The van der Waals surface area contributed by atoms with E-state index < -0.39 is 24.0 Å². The molecule has 2 aliphatic rings. The van der Waals surface area contributed by atoms with Crippen LogP contribution in [-0.4, -0.2) is 37.2 Å². The molecule has 1 heterocycles. The highest BCUT2D eigenvalue weighted by Crippen LogP contribution is 2.23. The second-order valence-corrected chi connectivity index (χ2v) is 6.70. The molecule has 0 fully saturated rings. The summed E-state index contributed by atoms with van der Waals surface area (Å²) in [6.07, 6.45) is 4.30. The van der Waals surface area contributed by atoms with Crippen molar-refractivity contribution in [1.82, 2.24) is 10.6 Å². The quantitative estimate of drug-likeness (QED) is 0.773. The number of ether oxygens (including phenoxy) is 2. The number of hydrogen-bond acceptors (Lipinski definition) is 5. The fourth-order valence-electron chi connectivity index (χ4n) is 3.47. The predicted molar refractivity (Wildman–Crippen MR) is 98.2 cm³/mol. The maximum Gasteiger partial charge on any atom is 0.338 e. The smallest absolute Gasteiger partial charge is 0.338 e. The van der Waals surface area contributed by atoms with Crippen molar-refractivity contribution in [2.45, 2.75) is 45.6 Å². The Balaban J connectivity index is 1.74. The van der Waals surface area contributed by atoms with Crippen molar-refractivity contribution in [3.63, 3.8) is 0 Å². The minimum atomic E-state index is -0.544. The van der Waals surface area contributed by atoms with Gasteiger partial charge in [0.1, 0.15) is 6.61 Å². The summed E-state index contributed by atoms with van der Waals surface area (Å²) in [5.74, 6) is -1.03. The van der Waals surface area contributed by atoms with Gasteiger partial charge >= 0.3 is 18.0 Å². The van der Waals surface area contributed by atoms with Gasteiger partial charge in [0.2, 0.25) is 0 Å². The fourth-order valence-corrected chi connectivity index (χ4v) is 3.47. The van der Waals surface area contributed by atoms with Gasteiger partial charge in [-0.2, -0.15) is 0 Å². The van der Waals surface area contributed by atoms with Crippen molar-refractivity contribution in [2.75, 3.05) is 13.2 Å². The van der Waals surface area contributed by atoms with Crippen molar-refractivity contribution in [3.8, 4) is 0 Å². The van der Waals surface area contributed by atoms with Crippen LogP contribution in [0.3, 0.4) is 0 Å². The molecule has 2 amide bonds. The van der Waals surface area contributed by atoms with Crippen LogP contribution in [0.5, 0.6) is 0 Å². The van der Waals surface area contributed by atoms with Crippen molar-refractivity contribution in [3.05, 3.63) is 46.2 Å². The lowest BCUT2D eigenvalue weighted by Gasteiger charge is -2.26. The monoisotopic (exact) mass is 372 g/mol. The zero-order chi connectivity index (χ0) is 19.4. The number of urea groups is 1. The first-order valence-corrected chi connectivity index (χ1v) is 9.26. The average Bonchev–Trinajstić information content (AvgIpc) is 2.65. The molecular formula is C20H24N2O5. The Morgan fingerprint density at radius 3 is 2.59 bits per heavy atom. The number of rotatable bonds is 5. The molecule has 1 aliphatic carbocycles. The highest BCUT2D eigenvalue weighted by atomic mass is 16.5. The normalized spacial score (nSPS) is 18.9. The highest BCUT2D eigenvalue weighted by Gasteiger charge is 2.30. The van der Waals surface area contributed by atoms with E-state index in [9.17, 15) is 14.4 Å². The van der Waals surface area contributed by atoms with Gasteiger partial charge in [0.15, 0.2) is 0 Å². The maximum atomic E-state index is 12.4. The molecule has 0 unspecified atom stereocenters. The average molecular weight is 372 g/mol. The van der Waals surface area contributed by atoms with Crippen LogP contribution in [-0.2, 0) is 27.1 Å². The zero-order valence-corrected chi connectivity index (χ0v) is 15.6. The first-order chi connectivity index (χ1) is 13.0. The molecule has 27 heavy (non-hydrogen) atoms. The Hall–Kier alpha value is -2.83. The van der Waals surface area contributed by atoms with E-state index in [4.69, 9.17) is 9.47 Å². The third-order valence-electron chi connectivity index (χ3n) is 4.80. The third kappa shape index (κ3) is 4.30. The van der Waals surface area contributed by atoms with E-state index in [0.29, 0.717) is 5.56 Å². The summed E-state index contributed by atoms with van der Waals surface area (Å²) < 4.78 is 10.4. The lowest BCUT2D eigenvalue weighted by molar-refractivity contribution is -0.139. The number of benzene rings is 1. The molecule has 0 saturated heterocycles. The molecule has 1 aliphatic heterocycles. The second kappa shape index (κ2) is 8.24. The third-order valence-corrected chi connectivity index (χ3v) is 4.80. The van der Waals surface area contributed by atoms with Gasteiger partial charge in [-0.05, 0) is 62.8 Å². The largest absolute Gasteiger partial charge is 0.463 e. The van der Waals surface area contributed by atoms with Gasteiger partial charge in [0.25, 0.3) is 0 Å².